The van der Waals surface area contributed by atoms with Crippen molar-refractivity contribution in [3.63, 3.8) is 0 Å². The van der Waals surface area contributed by atoms with Gasteiger partial charge in [0, 0.05) is 12.5 Å². The highest BCUT2D eigenvalue weighted by Crippen LogP contribution is 2.31. The lowest BCUT2D eigenvalue weighted by Gasteiger charge is -2.33. The Hall–Kier alpha value is -3.15. The number of para-hydroxylation sites is 1. The zero-order chi connectivity index (χ0) is 24.2. The van der Waals surface area contributed by atoms with Crippen LogP contribution in [0.4, 0.5) is 0 Å². The van der Waals surface area contributed by atoms with Crippen molar-refractivity contribution >= 4 is 16.8 Å². The third-order valence-corrected chi connectivity index (χ3v) is 6.91. The molecule has 0 bridgehead atoms. The van der Waals surface area contributed by atoms with E-state index in [9.17, 15) is 9.59 Å². The van der Waals surface area contributed by atoms with E-state index >= 15 is 0 Å². The Balaban J connectivity index is 1.85. The van der Waals surface area contributed by atoms with Crippen molar-refractivity contribution in [2.75, 3.05) is 13.7 Å². The molecule has 1 fully saturated rings. The number of aromatic nitrogens is 2. The summed E-state index contributed by atoms with van der Waals surface area (Å²) in [6.45, 7) is 7.00. The Labute approximate surface area is 201 Å². The van der Waals surface area contributed by atoms with Crippen LogP contribution < -0.4 is 10.3 Å². The molecule has 6 heteroatoms. The molecule has 0 aliphatic heterocycles. The normalized spacial score (nSPS) is 15.1. The maximum absolute atomic E-state index is 13.7. The maximum atomic E-state index is 13.7. The second-order valence-corrected chi connectivity index (χ2v) is 9.70. The second kappa shape index (κ2) is 10.4. The molecule has 6 nitrogen and oxygen atoms in total. The van der Waals surface area contributed by atoms with Gasteiger partial charge in [0.15, 0.2) is 0 Å². The van der Waals surface area contributed by atoms with E-state index in [4.69, 9.17) is 9.72 Å². The summed E-state index contributed by atoms with van der Waals surface area (Å²) in [6, 6.07) is 14.5. The number of hydrogen-bond acceptors (Lipinski definition) is 4. The molecule has 3 aromatic rings. The average molecular weight is 462 g/mol. The monoisotopic (exact) mass is 461 g/mol. The Morgan fingerprint density at radius 3 is 2.41 bits per heavy atom. The van der Waals surface area contributed by atoms with Gasteiger partial charge in [-0.25, -0.2) is 4.98 Å². The third-order valence-electron chi connectivity index (χ3n) is 6.91. The van der Waals surface area contributed by atoms with Crippen LogP contribution in [0.5, 0.6) is 5.75 Å². The predicted molar refractivity (Wildman–Crippen MR) is 135 cm³/mol. The number of hydrogen-bond donors (Lipinski definition) is 0. The van der Waals surface area contributed by atoms with Gasteiger partial charge in [0.1, 0.15) is 11.6 Å². The van der Waals surface area contributed by atoms with Crippen LogP contribution in [0.3, 0.4) is 0 Å². The van der Waals surface area contributed by atoms with Crippen LogP contribution in [0.15, 0.2) is 53.3 Å². The van der Waals surface area contributed by atoms with E-state index < -0.39 is 0 Å². The minimum absolute atomic E-state index is 0.0660. The first-order valence-electron chi connectivity index (χ1n) is 12.4. The molecule has 180 valence electrons. The zero-order valence-corrected chi connectivity index (χ0v) is 20.7. The lowest BCUT2D eigenvalue weighted by atomic mass is 10.0. The fraction of sp³-hybridized carbons (Fsp3) is 0.464. The average Bonchev–Trinajstić information content (AvgIpc) is 3.39. The molecule has 1 atom stereocenters. The molecule has 0 N–H and O–H groups in total. The van der Waals surface area contributed by atoms with Crippen molar-refractivity contribution in [2.24, 2.45) is 11.8 Å². The van der Waals surface area contributed by atoms with E-state index in [1.807, 2.05) is 54.3 Å². The zero-order valence-electron chi connectivity index (χ0n) is 20.7. The van der Waals surface area contributed by atoms with Crippen molar-refractivity contribution in [1.82, 2.24) is 14.5 Å². The van der Waals surface area contributed by atoms with Crippen molar-refractivity contribution in [3.8, 4) is 11.4 Å². The Morgan fingerprint density at radius 1 is 1.09 bits per heavy atom. The van der Waals surface area contributed by atoms with Gasteiger partial charge in [-0.2, -0.15) is 0 Å². The predicted octanol–water partition coefficient (Wildman–Crippen LogP) is 5.52. The van der Waals surface area contributed by atoms with Gasteiger partial charge in [-0.3, -0.25) is 14.2 Å². The van der Waals surface area contributed by atoms with E-state index in [0.717, 1.165) is 37.9 Å². The van der Waals surface area contributed by atoms with Crippen molar-refractivity contribution in [1.29, 1.82) is 0 Å². The first kappa shape index (κ1) is 24.0. The first-order valence-corrected chi connectivity index (χ1v) is 12.4. The fourth-order valence-corrected chi connectivity index (χ4v) is 4.85. The summed E-state index contributed by atoms with van der Waals surface area (Å²) in [5, 5.41) is 0.560. The van der Waals surface area contributed by atoms with Crippen molar-refractivity contribution in [2.45, 2.75) is 58.9 Å². The van der Waals surface area contributed by atoms with E-state index in [1.54, 1.807) is 17.7 Å². The van der Waals surface area contributed by atoms with Gasteiger partial charge in [0.05, 0.1) is 29.7 Å². The molecule has 2 aromatic carbocycles. The number of rotatable bonds is 8. The fourth-order valence-electron chi connectivity index (χ4n) is 4.85. The SMILES string of the molecule is COc1ccc(-n2c(C(C)N(CCC(C)C)C(=O)C3CCCC3)nc3ccccc3c2=O)cc1. The topological polar surface area (TPSA) is 64.4 Å². The second-order valence-electron chi connectivity index (χ2n) is 9.70. The molecular weight excluding hydrogens is 426 g/mol. The summed E-state index contributed by atoms with van der Waals surface area (Å²) < 4.78 is 6.97. The quantitative estimate of drug-likeness (QED) is 0.443. The molecule has 1 aromatic heterocycles. The van der Waals surface area contributed by atoms with Crippen molar-refractivity contribution in [3.05, 3.63) is 64.7 Å². The number of methoxy groups -OCH3 is 1. The van der Waals surface area contributed by atoms with Crippen LogP contribution in [0.25, 0.3) is 16.6 Å². The molecule has 0 spiro atoms. The molecule has 1 unspecified atom stereocenters. The lowest BCUT2D eigenvalue weighted by Crippen LogP contribution is -2.41. The maximum Gasteiger partial charge on any atom is 0.266 e. The highest BCUT2D eigenvalue weighted by Gasteiger charge is 2.32. The van der Waals surface area contributed by atoms with E-state index in [2.05, 4.69) is 13.8 Å². The molecule has 1 aliphatic carbocycles. The number of nitrogens with zero attached hydrogens (tertiary/aromatic N) is 3. The summed E-state index contributed by atoms with van der Waals surface area (Å²) in [4.78, 5) is 34.3. The Morgan fingerprint density at radius 2 is 1.76 bits per heavy atom. The minimum atomic E-state index is -0.341. The van der Waals surface area contributed by atoms with Crippen LogP contribution in [0, 0.1) is 11.8 Å². The molecule has 1 saturated carbocycles. The highest BCUT2D eigenvalue weighted by atomic mass is 16.5. The number of benzene rings is 2. The molecule has 34 heavy (non-hydrogen) atoms. The van der Waals surface area contributed by atoms with Gasteiger partial charge in [-0.05, 0) is 68.5 Å². The first-order chi connectivity index (χ1) is 16.4. The summed E-state index contributed by atoms with van der Waals surface area (Å²) in [5.74, 6) is 2.03. The van der Waals surface area contributed by atoms with Gasteiger partial charge in [-0.15, -0.1) is 0 Å². The number of amides is 1. The van der Waals surface area contributed by atoms with Gasteiger partial charge < -0.3 is 9.64 Å². The number of fused-ring (bicyclic) bond motifs is 1. The Bertz CT molecular complexity index is 1190. The lowest BCUT2D eigenvalue weighted by molar-refractivity contribution is -0.138. The highest BCUT2D eigenvalue weighted by molar-refractivity contribution is 5.80. The van der Waals surface area contributed by atoms with Gasteiger partial charge in [-0.1, -0.05) is 38.8 Å². The van der Waals surface area contributed by atoms with Crippen molar-refractivity contribution < 1.29 is 9.53 Å². The molecule has 0 radical (unpaired) electrons. The summed E-state index contributed by atoms with van der Waals surface area (Å²) in [5.41, 5.74) is 1.23. The van der Waals surface area contributed by atoms with Crippen LogP contribution in [-0.2, 0) is 4.79 Å². The molecular formula is C28H35N3O3. The molecule has 0 saturated heterocycles. The van der Waals surface area contributed by atoms with Gasteiger partial charge in [0.2, 0.25) is 5.91 Å². The summed E-state index contributed by atoms with van der Waals surface area (Å²) in [7, 11) is 1.62. The van der Waals surface area contributed by atoms with Gasteiger partial charge in [0.25, 0.3) is 5.56 Å². The van der Waals surface area contributed by atoms with Crippen LogP contribution in [0.1, 0.15) is 64.7 Å². The third kappa shape index (κ3) is 4.86. The molecule has 1 amide bonds. The standard InChI is InChI=1S/C28H35N3O3/c1-19(2)17-18-30(27(32)21-9-5-6-10-21)20(3)26-29-25-12-8-7-11-24(25)28(33)31(26)22-13-15-23(34-4)16-14-22/h7-8,11-16,19-21H,5-6,9-10,17-18H2,1-4H3. The van der Waals surface area contributed by atoms with E-state index in [-0.39, 0.29) is 23.4 Å². The van der Waals surface area contributed by atoms with E-state index in [1.165, 1.54) is 0 Å². The summed E-state index contributed by atoms with van der Waals surface area (Å²) >= 11 is 0. The number of carbonyl (C=O) groups excluding carboxylic acids is 1. The molecule has 1 aliphatic rings. The van der Waals surface area contributed by atoms with Gasteiger partial charge >= 0.3 is 0 Å². The number of ether oxygens (including phenoxy) is 1. The molecule has 4 rings (SSSR count). The molecule has 1 heterocycles. The minimum Gasteiger partial charge on any atom is -0.497 e. The summed E-state index contributed by atoms with van der Waals surface area (Å²) in [6.07, 6.45) is 5.00. The Kier molecular flexibility index (Phi) is 7.35. The number of carbonyl (C=O) groups is 1. The van der Waals surface area contributed by atoms with E-state index in [0.29, 0.717) is 34.9 Å². The smallest absolute Gasteiger partial charge is 0.266 e. The van der Waals surface area contributed by atoms with Crippen LogP contribution in [-0.4, -0.2) is 34.0 Å². The van der Waals surface area contributed by atoms with Crippen LogP contribution in [0.2, 0.25) is 0 Å². The van der Waals surface area contributed by atoms with Crippen LogP contribution >= 0.6 is 0 Å². The largest absolute Gasteiger partial charge is 0.497 e.